The molecular formula is C20H22N6O2. The van der Waals surface area contributed by atoms with E-state index in [4.69, 9.17) is 4.74 Å². The Balaban J connectivity index is 1.43. The van der Waals surface area contributed by atoms with Crippen molar-refractivity contribution >= 4 is 11.7 Å². The van der Waals surface area contributed by atoms with Crippen LogP contribution in [-0.2, 0) is 0 Å². The molecule has 0 saturated carbocycles. The fraction of sp³-hybridized carbons (Fsp3) is 0.300. The highest BCUT2D eigenvalue weighted by molar-refractivity contribution is 5.94. The molecule has 2 aromatic heterocycles. The molecule has 0 N–H and O–H groups in total. The van der Waals surface area contributed by atoms with Gasteiger partial charge in [0.25, 0.3) is 5.91 Å². The first kappa shape index (κ1) is 18.0. The monoisotopic (exact) mass is 378 g/mol. The van der Waals surface area contributed by atoms with Crippen molar-refractivity contribution in [2.75, 3.05) is 38.2 Å². The first-order chi connectivity index (χ1) is 13.7. The summed E-state index contributed by atoms with van der Waals surface area (Å²) in [5.74, 6) is 3.31. The van der Waals surface area contributed by atoms with Gasteiger partial charge >= 0.3 is 0 Å². The lowest BCUT2D eigenvalue weighted by Gasteiger charge is -2.35. The number of carbonyl (C=O) groups is 1. The van der Waals surface area contributed by atoms with E-state index in [-0.39, 0.29) is 5.91 Å². The van der Waals surface area contributed by atoms with Crippen LogP contribution in [0.25, 0.3) is 5.82 Å². The third kappa shape index (κ3) is 3.53. The van der Waals surface area contributed by atoms with Gasteiger partial charge in [0.15, 0.2) is 0 Å². The van der Waals surface area contributed by atoms with Crippen molar-refractivity contribution in [2.24, 2.45) is 0 Å². The number of methoxy groups -OCH3 is 1. The van der Waals surface area contributed by atoms with Gasteiger partial charge in [0, 0.05) is 50.2 Å². The summed E-state index contributed by atoms with van der Waals surface area (Å²) in [7, 11) is 1.61. The molecule has 1 amide bonds. The van der Waals surface area contributed by atoms with Gasteiger partial charge < -0.3 is 14.5 Å². The number of anilines is 1. The Hall–Kier alpha value is -3.42. The number of carbonyl (C=O) groups excluding carboxylic acids is 1. The smallest absolute Gasteiger partial charge is 0.253 e. The zero-order chi connectivity index (χ0) is 19.5. The van der Waals surface area contributed by atoms with Gasteiger partial charge in [-0.2, -0.15) is 0 Å². The maximum Gasteiger partial charge on any atom is 0.253 e. The third-order valence-corrected chi connectivity index (χ3v) is 4.94. The fourth-order valence-electron chi connectivity index (χ4n) is 3.32. The topological polar surface area (TPSA) is 76.4 Å². The Labute approximate surface area is 163 Å². The van der Waals surface area contributed by atoms with Gasteiger partial charge in [-0.05, 0) is 31.2 Å². The van der Waals surface area contributed by atoms with E-state index in [1.807, 2.05) is 40.8 Å². The summed E-state index contributed by atoms with van der Waals surface area (Å²) in [4.78, 5) is 29.8. The van der Waals surface area contributed by atoms with Gasteiger partial charge in [0.2, 0.25) is 0 Å². The number of amides is 1. The number of aromatic nitrogens is 4. The van der Waals surface area contributed by atoms with Crippen LogP contribution in [0.2, 0.25) is 0 Å². The van der Waals surface area contributed by atoms with Gasteiger partial charge in [-0.15, -0.1) is 0 Å². The third-order valence-electron chi connectivity index (χ3n) is 4.94. The summed E-state index contributed by atoms with van der Waals surface area (Å²) in [6, 6.07) is 9.18. The molecule has 0 spiro atoms. The van der Waals surface area contributed by atoms with Crippen LogP contribution in [0.3, 0.4) is 0 Å². The van der Waals surface area contributed by atoms with Crippen molar-refractivity contribution in [3.8, 4) is 11.6 Å². The van der Waals surface area contributed by atoms with Gasteiger partial charge in [-0.1, -0.05) is 0 Å². The zero-order valence-electron chi connectivity index (χ0n) is 15.9. The molecule has 28 heavy (non-hydrogen) atoms. The van der Waals surface area contributed by atoms with Gasteiger partial charge in [-0.25, -0.2) is 15.0 Å². The lowest BCUT2D eigenvalue weighted by atomic mass is 10.1. The van der Waals surface area contributed by atoms with E-state index in [0.29, 0.717) is 18.7 Å². The first-order valence-corrected chi connectivity index (χ1v) is 9.16. The second kappa shape index (κ2) is 7.67. The fourth-order valence-corrected chi connectivity index (χ4v) is 3.32. The Kier molecular flexibility index (Phi) is 4.92. The standard InChI is InChI=1S/C20H22N6O2/c1-15-21-7-8-26(15)19-13-18(22-14-23-19)24-9-11-25(12-10-24)20(27)16-3-5-17(28-2)6-4-16/h3-8,13-14H,9-12H2,1-2H3. The molecule has 0 atom stereocenters. The van der Waals surface area contributed by atoms with Gasteiger partial charge in [0.05, 0.1) is 7.11 Å². The predicted octanol–water partition coefficient (Wildman–Crippen LogP) is 1.94. The predicted molar refractivity (Wildman–Crippen MR) is 105 cm³/mol. The highest BCUT2D eigenvalue weighted by atomic mass is 16.5. The van der Waals surface area contributed by atoms with Crippen LogP contribution in [0.4, 0.5) is 5.82 Å². The minimum Gasteiger partial charge on any atom is -0.497 e. The highest BCUT2D eigenvalue weighted by Gasteiger charge is 2.23. The van der Waals surface area contributed by atoms with Crippen LogP contribution >= 0.6 is 0 Å². The molecule has 4 rings (SSSR count). The average Bonchev–Trinajstić information content (AvgIpc) is 3.19. The summed E-state index contributed by atoms with van der Waals surface area (Å²) >= 11 is 0. The number of imidazole rings is 1. The molecule has 3 heterocycles. The van der Waals surface area contributed by atoms with Crippen molar-refractivity contribution in [3.05, 3.63) is 60.4 Å². The van der Waals surface area contributed by atoms with Crippen LogP contribution in [0.5, 0.6) is 5.75 Å². The lowest BCUT2D eigenvalue weighted by Crippen LogP contribution is -2.49. The second-order valence-electron chi connectivity index (χ2n) is 6.59. The first-order valence-electron chi connectivity index (χ1n) is 9.16. The van der Waals surface area contributed by atoms with E-state index in [0.717, 1.165) is 36.3 Å². The zero-order valence-corrected chi connectivity index (χ0v) is 15.9. The molecule has 0 aliphatic carbocycles. The normalized spacial score (nSPS) is 14.2. The summed E-state index contributed by atoms with van der Waals surface area (Å²) < 4.78 is 7.08. The number of aryl methyl sites for hydroxylation is 1. The summed E-state index contributed by atoms with van der Waals surface area (Å²) in [6.07, 6.45) is 5.20. The molecule has 1 fully saturated rings. The van der Waals surface area contributed by atoms with Crippen molar-refractivity contribution < 1.29 is 9.53 Å². The van der Waals surface area contributed by atoms with Crippen LogP contribution < -0.4 is 9.64 Å². The van der Waals surface area contributed by atoms with Crippen molar-refractivity contribution in [2.45, 2.75) is 6.92 Å². The molecule has 1 aliphatic heterocycles. The van der Waals surface area contributed by atoms with Gasteiger partial charge in [-0.3, -0.25) is 9.36 Å². The Morgan fingerprint density at radius 2 is 1.71 bits per heavy atom. The molecule has 3 aromatic rings. The summed E-state index contributed by atoms with van der Waals surface area (Å²) in [6.45, 7) is 4.68. The maximum absolute atomic E-state index is 12.7. The SMILES string of the molecule is COc1ccc(C(=O)N2CCN(c3cc(-n4ccnc4C)ncn3)CC2)cc1. The molecule has 1 aromatic carbocycles. The van der Waals surface area contributed by atoms with Crippen molar-refractivity contribution in [3.63, 3.8) is 0 Å². The van der Waals surface area contributed by atoms with E-state index in [1.54, 1.807) is 31.8 Å². The highest BCUT2D eigenvalue weighted by Crippen LogP contribution is 2.19. The minimum absolute atomic E-state index is 0.0414. The Morgan fingerprint density at radius 1 is 1.00 bits per heavy atom. The number of hydrogen-bond acceptors (Lipinski definition) is 6. The molecule has 0 radical (unpaired) electrons. The second-order valence-corrected chi connectivity index (χ2v) is 6.59. The van der Waals surface area contributed by atoms with E-state index >= 15 is 0 Å². The molecule has 1 saturated heterocycles. The van der Waals surface area contributed by atoms with Gasteiger partial charge in [0.1, 0.15) is 29.5 Å². The summed E-state index contributed by atoms with van der Waals surface area (Å²) in [5.41, 5.74) is 0.675. The van der Waals surface area contributed by atoms with Crippen molar-refractivity contribution in [1.29, 1.82) is 0 Å². The van der Waals surface area contributed by atoms with Crippen LogP contribution in [-0.4, -0.2) is 63.6 Å². The van der Waals surface area contributed by atoms with Crippen LogP contribution in [0.15, 0.2) is 49.1 Å². The Morgan fingerprint density at radius 3 is 2.36 bits per heavy atom. The molecular weight excluding hydrogens is 356 g/mol. The molecule has 0 unspecified atom stereocenters. The Bertz CT molecular complexity index is 961. The number of benzene rings is 1. The van der Waals surface area contributed by atoms with E-state index in [2.05, 4.69) is 19.9 Å². The number of nitrogens with zero attached hydrogens (tertiary/aromatic N) is 6. The molecule has 8 nitrogen and oxygen atoms in total. The van der Waals surface area contributed by atoms with E-state index in [9.17, 15) is 4.79 Å². The van der Waals surface area contributed by atoms with Crippen LogP contribution in [0.1, 0.15) is 16.2 Å². The molecule has 8 heteroatoms. The number of rotatable bonds is 4. The lowest BCUT2D eigenvalue weighted by molar-refractivity contribution is 0.0746. The van der Waals surface area contributed by atoms with Crippen molar-refractivity contribution in [1.82, 2.24) is 24.4 Å². The quantitative estimate of drug-likeness (QED) is 0.691. The molecule has 144 valence electrons. The number of hydrogen-bond donors (Lipinski definition) is 0. The number of ether oxygens (including phenoxy) is 1. The number of piperazine rings is 1. The molecule has 1 aliphatic rings. The largest absolute Gasteiger partial charge is 0.497 e. The average molecular weight is 378 g/mol. The maximum atomic E-state index is 12.7. The van der Waals surface area contributed by atoms with E-state index in [1.165, 1.54) is 0 Å². The molecule has 0 bridgehead atoms. The minimum atomic E-state index is 0.0414. The van der Waals surface area contributed by atoms with E-state index < -0.39 is 0 Å². The summed E-state index contributed by atoms with van der Waals surface area (Å²) in [5, 5.41) is 0. The van der Waals surface area contributed by atoms with Crippen LogP contribution in [0, 0.1) is 6.92 Å².